The molecular weight excluding hydrogens is 678 g/mol. The summed E-state index contributed by atoms with van der Waals surface area (Å²) in [5, 5.41) is 11.3. The molecule has 4 aliphatic rings. The number of Topliss-reactive ketones (excluding diaryl/α,β-unsaturated/α-hetero) is 2. The van der Waals surface area contributed by atoms with E-state index in [0.29, 0.717) is 31.4 Å². The minimum Gasteiger partial charge on any atom is -0.347 e. The number of hydrogen-bond acceptors (Lipinski definition) is 9. The molecule has 0 radical (unpaired) electrons. The molecule has 5 amide bonds. The normalized spacial score (nSPS) is 23.3. The van der Waals surface area contributed by atoms with E-state index in [-0.39, 0.29) is 54.5 Å². The smallest absolute Gasteiger partial charge is 0.289 e. The first-order valence-corrected chi connectivity index (χ1v) is 19.5. The average molecular weight is 734 g/mol. The largest absolute Gasteiger partial charge is 0.347 e. The Morgan fingerprint density at radius 1 is 0.887 bits per heavy atom. The van der Waals surface area contributed by atoms with Crippen LogP contribution in [0.25, 0.3) is 0 Å². The number of allylic oxidation sites excluding steroid dienone is 2. The standard InChI is InChI=1S/C39H55N7O7/c1-4-10-28(34(48)38(52)42-26-15-16-26)43-37(51)33-27-14-9-13-25(27)22-46(33)39(53)29(17-18-31(47)23(3)5-2)44-36(50)32(24-11-7-6-8-12-24)45-35(49)30-21-40-19-20-41-30/h5,19-21,24-29,32-33H,4,6-18,22H2,1-3H3,(H,42,52)(H,43,51)(H,44,50)(H,45,49)/t25-,27-,28-,29-,32-,33-/m0/s1. The summed E-state index contributed by atoms with van der Waals surface area (Å²) in [6.45, 7) is 5.61. The second kappa shape index (κ2) is 18.5. The summed E-state index contributed by atoms with van der Waals surface area (Å²) in [5.41, 5.74) is 0.590. The SMILES string of the molecule is CC=C(C)C(=O)CC[C@H](NC(=O)[C@@H](NC(=O)c1cnccn1)C1CCCCC1)C(=O)N1C[C@@H]2CCC[C@@H]2[C@H]1C(=O)N[C@@H](CCC)C(=O)C(=O)NC1CC1. The molecule has 1 aromatic rings. The molecule has 4 N–H and O–H groups in total. The molecule has 3 aliphatic carbocycles. The number of hydrogen-bond donors (Lipinski definition) is 4. The van der Waals surface area contributed by atoms with Gasteiger partial charge in [0.2, 0.25) is 23.5 Å². The molecule has 0 bridgehead atoms. The number of nitrogens with one attached hydrogen (secondary N) is 4. The van der Waals surface area contributed by atoms with Gasteiger partial charge in [-0.25, -0.2) is 4.98 Å². The molecule has 0 unspecified atom stereocenters. The maximum Gasteiger partial charge on any atom is 0.289 e. The third kappa shape index (κ3) is 10.1. The zero-order chi connectivity index (χ0) is 38.1. The maximum atomic E-state index is 14.7. The fraction of sp³-hybridized carbons (Fsp3) is 0.667. The van der Waals surface area contributed by atoms with E-state index in [2.05, 4.69) is 31.2 Å². The number of nitrogens with zero attached hydrogens (tertiary/aromatic N) is 3. The van der Waals surface area contributed by atoms with Crippen molar-refractivity contribution in [1.29, 1.82) is 0 Å². The van der Waals surface area contributed by atoms with Crippen molar-refractivity contribution in [3.05, 3.63) is 35.9 Å². The highest BCUT2D eigenvalue weighted by Crippen LogP contribution is 2.43. The lowest BCUT2D eigenvalue weighted by Gasteiger charge is -2.34. The fourth-order valence-corrected chi connectivity index (χ4v) is 8.17. The summed E-state index contributed by atoms with van der Waals surface area (Å²) >= 11 is 0. The van der Waals surface area contributed by atoms with Crippen LogP contribution in [0.2, 0.25) is 0 Å². The maximum absolute atomic E-state index is 14.7. The molecule has 5 rings (SSSR count). The first-order chi connectivity index (χ1) is 25.5. The van der Waals surface area contributed by atoms with E-state index in [0.717, 1.165) is 51.4 Å². The van der Waals surface area contributed by atoms with Crippen LogP contribution < -0.4 is 21.3 Å². The zero-order valence-corrected chi connectivity index (χ0v) is 31.2. The minimum atomic E-state index is -1.16. The van der Waals surface area contributed by atoms with Crippen LogP contribution in [-0.2, 0) is 28.8 Å². The van der Waals surface area contributed by atoms with Gasteiger partial charge in [0.25, 0.3) is 11.8 Å². The third-order valence-corrected chi connectivity index (χ3v) is 11.4. The minimum absolute atomic E-state index is 0.0114. The van der Waals surface area contributed by atoms with Gasteiger partial charge in [0.05, 0.1) is 12.2 Å². The van der Waals surface area contributed by atoms with Crippen molar-refractivity contribution in [3.8, 4) is 0 Å². The predicted molar refractivity (Wildman–Crippen MR) is 195 cm³/mol. The number of amides is 5. The molecule has 0 aromatic carbocycles. The van der Waals surface area contributed by atoms with Crippen LogP contribution in [0.1, 0.15) is 121 Å². The lowest BCUT2D eigenvalue weighted by molar-refractivity contribution is -0.144. The molecule has 288 valence electrons. The lowest BCUT2D eigenvalue weighted by Crippen LogP contribution is -2.59. The summed E-state index contributed by atoms with van der Waals surface area (Å²) in [6, 6.07) is -4.09. The molecule has 14 nitrogen and oxygen atoms in total. The Hall–Kier alpha value is -4.49. The molecule has 1 saturated heterocycles. The Morgan fingerprint density at radius 2 is 1.64 bits per heavy atom. The fourth-order valence-electron chi connectivity index (χ4n) is 8.17. The third-order valence-electron chi connectivity index (χ3n) is 11.4. The van der Waals surface area contributed by atoms with Crippen LogP contribution in [-0.4, -0.2) is 92.7 Å². The molecule has 53 heavy (non-hydrogen) atoms. The summed E-state index contributed by atoms with van der Waals surface area (Å²) in [7, 11) is 0. The zero-order valence-electron chi connectivity index (χ0n) is 31.2. The van der Waals surface area contributed by atoms with Crippen LogP contribution in [0.5, 0.6) is 0 Å². The molecule has 4 fully saturated rings. The molecule has 1 aromatic heterocycles. The van der Waals surface area contributed by atoms with Crippen molar-refractivity contribution in [2.75, 3.05) is 6.54 Å². The van der Waals surface area contributed by atoms with Gasteiger partial charge >= 0.3 is 0 Å². The van der Waals surface area contributed by atoms with Gasteiger partial charge in [-0.05, 0) is 88.5 Å². The summed E-state index contributed by atoms with van der Waals surface area (Å²) in [5.74, 6) is -3.96. The number of aromatic nitrogens is 2. The first-order valence-electron chi connectivity index (χ1n) is 19.5. The highest BCUT2D eigenvalue weighted by molar-refractivity contribution is 6.38. The van der Waals surface area contributed by atoms with Crippen molar-refractivity contribution < 1.29 is 33.6 Å². The second-order valence-corrected chi connectivity index (χ2v) is 15.2. The highest BCUT2D eigenvalue weighted by Gasteiger charge is 2.51. The molecule has 1 aliphatic heterocycles. The van der Waals surface area contributed by atoms with Gasteiger partial charge in [0.15, 0.2) is 5.78 Å². The quantitative estimate of drug-likeness (QED) is 0.137. The van der Waals surface area contributed by atoms with Gasteiger partial charge in [-0.2, -0.15) is 0 Å². The van der Waals surface area contributed by atoms with E-state index < -0.39 is 59.5 Å². The van der Waals surface area contributed by atoms with Gasteiger partial charge in [-0.15, -0.1) is 0 Å². The van der Waals surface area contributed by atoms with E-state index in [1.54, 1.807) is 19.9 Å². The van der Waals surface area contributed by atoms with E-state index in [1.807, 2.05) is 6.92 Å². The van der Waals surface area contributed by atoms with Crippen LogP contribution >= 0.6 is 0 Å². The monoisotopic (exact) mass is 733 g/mol. The van der Waals surface area contributed by atoms with Crippen molar-refractivity contribution in [2.24, 2.45) is 17.8 Å². The summed E-state index contributed by atoms with van der Waals surface area (Å²) < 4.78 is 0. The van der Waals surface area contributed by atoms with Gasteiger partial charge in [0, 0.05) is 31.4 Å². The molecular formula is C39H55N7O7. The van der Waals surface area contributed by atoms with Crippen LogP contribution in [0.15, 0.2) is 30.2 Å². The molecule has 6 atom stereocenters. The number of carbonyl (C=O) groups excluding carboxylic acids is 7. The molecule has 2 heterocycles. The number of likely N-dealkylation sites (tertiary alicyclic amines) is 1. The van der Waals surface area contributed by atoms with Gasteiger partial charge in [-0.3, -0.25) is 38.5 Å². The topological polar surface area (TPSA) is 197 Å². The Morgan fingerprint density at radius 3 is 2.30 bits per heavy atom. The number of carbonyl (C=O) groups is 7. The van der Waals surface area contributed by atoms with Crippen LogP contribution in [0.3, 0.4) is 0 Å². The van der Waals surface area contributed by atoms with Crippen molar-refractivity contribution in [2.45, 2.75) is 141 Å². The number of fused-ring (bicyclic) bond motifs is 1. The van der Waals surface area contributed by atoms with Gasteiger partial charge in [-0.1, -0.05) is 45.1 Å². The molecule has 14 heteroatoms. The average Bonchev–Trinajstić information content (AvgIpc) is 3.74. The van der Waals surface area contributed by atoms with Gasteiger partial charge in [0.1, 0.15) is 23.8 Å². The van der Waals surface area contributed by atoms with Crippen LogP contribution in [0, 0.1) is 17.8 Å². The first kappa shape index (κ1) is 39.7. The number of ketones is 2. The Bertz CT molecular complexity index is 1560. The number of rotatable bonds is 17. The van der Waals surface area contributed by atoms with Crippen LogP contribution in [0.4, 0.5) is 0 Å². The van der Waals surface area contributed by atoms with E-state index in [4.69, 9.17) is 0 Å². The summed E-state index contributed by atoms with van der Waals surface area (Å²) in [6.07, 6.45) is 15.0. The second-order valence-electron chi connectivity index (χ2n) is 15.2. The van der Waals surface area contributed by atoms with Crippen molar-refractivity contribution >= 4 is 41.1 Å². The Labute approximate surface area is 311 Å². The van der Waals surface area contributed by atoms with Crippen molar-refractivity contribution in [3.63, 3.8) is 0 Å². The van der Waals surface area contributed by atoms with Gasteiger partial charge < -0.3 is 26.2 Å². The summed E-state index contributed by atoms with van der Waals surface area (Å²) in [4.78, 5) is 105. The van der Waals surface area contributed by atoms with E-state index in [9.17, 15) is 33.6 Å². The Balaban J connectivity index is 1.39. The molecule has 0 spiro atoms. The lowest BCUT2D eigenvalue weighted by atomic mass is 9.83. The van der Waals surface area contributed by atoms with E-state index >= 15 is 0 Å². The van der Waals surface area contributed by atoms with Crippen molar-refractivity contribution in [1.82, 2.24) is 36.1 Å². The predicted octanol–water partition coefficient (Wildman–Crippen LogP) is 2.72. The highest BCUT2D eigenvalue weighted by atomic mass is 16.2. The molecule has 3 saturated carbocycles. The van der Waals surface area contributed by atoms with E-state index in [1.165, 1.54) is 23.5 Å². The Kier molecular flexibility index (Phi) is 13.9.